The lowest BCUT2D eigenvalue weighted by molar-refractivity contribution is 0.953. The van der Waals surface area contributed by atoms with E-state index in [4.69, 9.17) is 0 Å². The van der Waals surface area contributed by atoms with Gasteiger partial charge in [-0.2, -0.15) is 5.10 Å². The summed E-state index contributed by atoms with van der Waals surface area (Å²) in [7, 11) is 0. The first kappa shape index (κ1) is 18.9. The molecule has 146 valence electrons. The zero-order chi connectivity index (χ0) is 20.5. The van der Waals surface area contributed by atoms with Crippen LogP contribution in [0, 0.1) is 34.6 Å². The second kappa shape index (κ2) is 7.55. The molecule has 0 saturated carbocycles. The molecule has 0 saturated heterocycles. The van der Waals surface area contributed by atoms with Gasteiger partial charge in [0.2, 0.25) is 0 Å². The largest absolute Gasteiger partial charge is 0.318 e. The van der Waals surface area contributed by atoms with Crippen LogP contribution in [0.15, 0.2) is 59.7 Å². The van der Waals surface area contributed by atoms with E-state index in [0.29, 0.717) is 0 Å². The van der Waals surface area contributed by atoms with Crippen molar-refractivity contribution in [1.82, 2.24) is 9.55 Å². The third kappa shape index (κ3) is 3.66. The molecule has 0 amide bonds. The van der Waals surface area contributed by atoms with Crippen LogP contribution in [-0.4, -0.2) is 15.8 Å². The van der Waals surface area contributed by atoms with E-state index >= 15 is 0 Å². The maximum Gasteiger partial charge on any atom is 0.147 e. The predicted molar refractivity (Wildman–Crippen MR) is 122 cm³/mol. The fourth-order valence-corrected chi connectivity index (χ4v) is 3.92. The van der Waals surface area contributed by atoms with Gasteiger partial charge in [0.05, 0.1) is 11.7 Å². The molecule has 2 heterocycles. The third-order valence-corrected chi connectivity index (χ3v) is 5.37. The minimum absolute atomic E-state index is 0.751. The molecule has 2 aromatic heterocycles. The van der Waals surface area contributed by atoms with E-state index in [-0.39, 0.29) is 0 Å². The van der Waals surface area contributed by atoms with Crippen LogP contribution in [0.2, 0.25) is 0 Å². The van der Waals surface area contributed by atoms with E-state index in [2.05, 4.69) is 85.0 Å². The van der Waals surface area contributed by atoms with E-state index < -0.39 is 0 Å². The Kier molecular flexibility index (Phi) is 4.93. The molecule has 2 aromatic carbocycles. The third-order valence-electron chi connectivity index (χ3n) is 5.37. The molecule has 4 nitrogen and oxygen atoms in total. The molecule has 4 heteroatoms. The van der Waals surface area contributed by atoms with Crippen LogP contribution in [0.25, 0.3) is 16.6 Å². The maximum atomic E-state index is 4.65. The van der Waals surface area contributed by atoms with Gasteiger partial charge in [0.1, 0.15) is 5.82 Å². The van der Waals surface area contributed by atoms with Gasteiger partial charge in [-0.1, -0.05) is 35.9 Å². The van der Waals surface area contributed by atoms with Gasteiger partial charge in [-0.25, -0.2) is 4.98 Å². The quantitative estimate of drug-likeness (QED) is 0.347. The van der Waals surface area contributed by atoms with Crippen molar-refractivity contribution in [3.8, 4) is 5.69 Å². The Morgan fingerprint density at radius 3 is 2.48 bits per heavy atom. The molecule has 4 rings (SSSR count). The van der Waals surface area contributed by atoms with E-state index in [1.807, 2.05) is 30.5 Å². The van der Waals surface area contributed by atoms with Crippen LogP contribution in [0.5, 0.6) is 0 Å². The summed E-state index contributed by atoms with van der Waals surface area (Å²) in [4.78, 5) is 4.65. The number of anilines is 1. The summed E-state index contributed by atoms with van der Waals surface area (Å²) in [6.45, 7) is 10.6. The highest BCUT2D eigenvalue weighted by atomic mass is 15.3. The lowest BCUT2D eigenvalue weighted by atomic mass is 10.1. The number of aromatic nitrogens is 2. The molecule has 4 aromatic rings. The fourth-order valence-electron chi connectivity index (χ4n) is 3.92. The van der Waals surface area contributed by atoms with Crippen molar-refractivity contribution in [2.75, 3.05) is 5.43 Å². The van der Waals surface area contributed by atoms with Crippen LogP contribution >= 0.6 is 0 Å². The van der Waals surface area contributed by atoms with Crippen molar-refractivity contribution in [3.05, 3.63) is 88.2 Å². The monoisotopic (exact) mass is 382 g/mol. The van der Waals surface area contributed by atoms with Gasteiger partial charge in [0, 0.05) is 28.0 Å². The fraction of sp³-hybridized carbons (Fsp3) is 0.200. The number of aryl methyl sites for hydroxylation is 4. The number of hydrogen-bond donors (Lipinski definition) is 1. The SMILES string of the molecule is Cc1ccc(-n2c(C)cc(/C=N\Nc3cc(C)c4ccccc4n3)c2C)c(C)c1. The van der Waals surface area contributed by atoms with Gasteiger partial charge in [-0.15, -0.1) is 0 Å². The molecular weight excluding hydrogens is 356 g/mol. The number of hydrazone groups is 1. The van der Waals surface area contributed by atoms with Crippen molar-refractivity contribution in [2.45, 2.75) is 34.6 Å². The molecule has 0 unspecified atom stereocenters. The van der Waals surface area contributed by atoms with Crippen LogP contribution in [0.4, 0.5) is 5.82 Å². The minimum Gasteiger partial charge on any atom is -0.318 e. The highest BCUT2D eigenvalue weighted by Gasteiger charge is 2.11. The average Bonchev–Trinajstić information content (AvgIpc) is 2.96. The molecule has 0 aliphatic rings. The van der Waals surface area contributed by atoms with Gasteiger partial charge in [-0.3, -0.25) is 5.43 Å². The normalized spacial score (nSPS) is 11.5. The first-order chi connectivity index (χ1) is 13.9. The van der Waals surface area contributed by atoms with Crippen molar-refractivity contribution < 1.29 is 0 Å². The number of nitrogens with zero attached hydrogens (tertiary/aromatic N) is 3. The molecule has 29 heavy (non-hydrogen) atoms. The van der Waals surface area contributed by atoms with Crippen molar-refractivity contribution >= 4 is 22.9 Å². The van der Waals surface area contributed by atoms with Gasteiger partial charge < -0.3 is 4.57 Å². The molecule has 0 aliphatic carbocycles. The number of hydrogen-bond acceptors (Lipinski definition) is 3. The smallest absolute Gasteiger partial charge is 0.147 e. The Morgan fingerprint density at radius 2 is 1.69 bits per heavy atom. The van der Waals surface area contributed by atoms with Gasteiger partial charge in [0.25, 0.3) is 0 Å². The molecule has 0 fully saturated rings. The summed E-state index contributed by atoms with van der Waals surface area (Å²) in [6, 6.07) is 18.9. The summed E-state index contributed by atoms with van der Waals surface area (Å²) >= 11 is 0. The van der Waals surface area contributed by atoms with Crippen LogP contribution in [-0.2, 0) is 0 Å². The number of pyridine rings is 1. The highest BCUT2D eigenvalue weighted by Crippen LogP contribution is 2.24. The van der Waals surface area contributed by atoms with Crippen molar-refractivity contribution in [2.24, 2.45) is 5.10 Å². The Hall–Kier alpha value is -3.40. The summed E-state index contributed by atoms with van der Waals surface area (Å²) in [5.74, 6) is 0.751. The number of rotatable bonds is 4. The minimum atomic E-state index is 0.751. The lowest BCUT2D eigenvalue weighted by Gasteiger charge is -2.13. The molecule has 1 N–H and O–H groups in total. The maximum absolute atomic E-state index is 4.65. The molecule has 0 spiro atoms. The average molecular weight is 383 g/mol. The topological polar surface area (TPSA) is 42.2 Å². The Labute approximate surface area is 171 Å². The predicted octanol–water partition coefficient (Wildman–Crippen LogP) is 6.01. The molecule has 0 bridgehead atoms. The van der Waals surface area contributed by atoms with E-state index in [9.17, 15) is 0 Å². The van der Waals surface area contributed by atoms with Gasteiger partial charge in [0.15, 0.2) is 0 Å². The first-order valence-corrected chi connectivity index (χ1v) is 9.86. The number of benzene rings is 2. The number of para-hydroxylation sites is 1. The zero-order valence-electron chi connectivity index (χ0n) is 17.6. The Bertz CT molecular complexity index is 1230. The van der Waals surface area contributed by atoms with Gasteiger partial charge >= 0.3 is 0 Å². The zero-order valence-corrected chi connectivity index (χ0v) is 17.6. The number of fused-ring (bicyclic) bond motifs is 1. The van der Waals surface area contributed by atoms with Crippen LogP contribution in [0.3, 0.4) is 0 Å². The molecule has 0 atom stereocenters. The summed E-state index contributed by atoms with van der Waals surface area (Å²) in [6.07, 6.45) is 1.87. The second-order valence-corrected chi connectivity index (χ2v) is 7.66. The van der Waals surface area contributed by atoms with Gasteiger partial charge in [-0.05, 0) is 70.0 Å². The number of nitrogens with one attached hydrogen (secondary N) is 1. The first-order valence-electron chi connectivity index (χ1n) is 9.86. The molecule has 0 radical (unpaired) electrons. The Morgan fingerprint density at radius 1 is 0.897 bits per heavy atom. The lowest BCUT2D eigenvalue weighted by Crippen LogP contribution is -2.02. The van der Waals surface area contributed by atoms with Crippen LogP contribution < -0.4 is 5.43 Å². The molecule has 0 aliphatic heterocycles. The van der Waals surface area contributed by atoms with E-state index in [1.54, 1.807) is 0 Å². The van der Waals surface area contributed by atoms with E-state index in [1.165, 1.54) is 39.2 Å². The summed E-state index contributed by atoms with van der Waals surface area (Å²) in [5, 5.41) is 5.62. The second-order valence-electron chi connectivity index (χ2n) is 7.66. The highest BCUT2D eigenvalue weighted by molar-refractivity contribution is 5.85. The van der Waals surface area contributed by atoms with Crippen molar-refractivity contribution in [3.63, 3.8) is 0 Å². The molecular formula is C25H26N4. The Balaban J connectivity index is 1.61. The van der Waals surface area contributed by atoms with E-state index in [0.717, 1.165) is 16.9 Å². The standard InChI is InChI=1S/C25H26N4/c1-16-10-11-24(18(3)12-16)29-19(4)14-21(20(29)5)15-26-28-25-13-17(2)22-8-6-7-9-23(22)27-25/h6-15H,1-5H3,(H,27,28)/b26-15-. The summed E-state index contributed by atoms with van der Waals surface area (Å²) < 4.78 is 2.29. The van der Waals surface area contributed by atoms with Crippen molar-refractivity contribution in [1.29, 1.82) is 0 Å². The van der Waals surface area contributed by atoms with Crippen LogP contribution in [0.1, 0.15) is 33.6 Å². The summed E-state index contributed by atoms with van der Waals surface area (Å²) in [5.41, 5.74) is 12.4.